The van der Waals surface area contributed by atoms with Gasteiger partial charge in [-0.25, -0.2) is 4.39 Å². The van der Waals surface area contributed by atoms with Crippen molar-refractivity contribution in [2.75, 3.05) is 5.32 Å². The fraction of sp³-hybridized carbons (Fsp3) is 0. The first-order chi connectivity index (χ1) is 9.76. The number of nitrogens with zero attached hydrogens (tertiary/aromatic N) is 2. The summed E-state index contributed by atoms with van der Waals surface area (Å²) in [4.78, 5) is 4.24. The molecule has 2 aromatic carbocycles. The van der Waals surface area contributed by atoms with Crippen LogP contribution in [0.2, 0.25) is 0 Å². The van der Waals surface area contributed by atoms with E-state index < -0.39 is 5.82 Å². The van der Waals surface area contributed by atoms with Crippen molar-refractivity contribution in [3.05, 3.63) is 66.1 Å². The Morgan fingerprint density at radius 2 is 2.00 bits per heavy atom. The fourth-order valence-electron chi connectivity index (χ4n) is 2.03. The molecule has 0 aliphatic carbocycles. The summed E-state index contributed by atoms with van der Waals surface area (Å²) in [5, 5.41) is 13.2. The third-order valence-corrected chi connectivity index (χ3v) is 2.98. The van der Waals surface area contributed by atoms with Crippen molar-refractivity contribution in [3.8, 4) is 6.07 Å². The van der Waals surface area contributed by atoms with Gasteiger partial charge in [-0.15, -0.1) is 0 Å². The van der Waals surface area contributed by atoms with Gasteiger partial charge in [0.2, 0.25) is 0 Å². The minimum atomic E-state index is -0.421. The molecular formula is C16H10FN3. The maximum atomic E-state index is 13.1. The summed E-state index contributed by atoms with van der Waals surface area (Å²) in [7, 11) is 0. The van der Waals surface area contributed by atoms with Crippen LogP contribution in [-0.2, 0) is 0 Å². The zero-order valence-electron chi connectivity index (χ0n) is 10.5. The Morgan fingerprint density at radius 3 is 2.85 bits per heavy atom. The second-order valence-corrected chi connectivity index (χ2v) is 4.34. The number of hydrogen-bond donors (Lipinski definition) is 1. The van der Waals surface area contributed by atoms with Crippen molar-refractivity contribution in [3.63, 3.8) is 0 Å². The largest absolute Gasteiger partial charge is 0.354 e. The van der Waals surface area contributed by atoms with Crippen molar-refractivity contribution in [2.24, 2.45) is 0 Å². The lowest BCUT2D eigenvalue weighted by atomic mass is 10.1. The summed E-state index contributed by atoms with van der Waals surface area (Å²) in [5.41, 5.74) is 2.58. The molecule has 0 radical (unpaired) electrons. The average molecular weight is 263 g/mol. The summed E-state index contributed by atoms with van der Waals surface area (Å²) >= 11 is 0. The minimum absolute atomic E-state index is 0.274. The molecule has 0 saturated heterocycles. The predicted molar refractivity (Wildman–Crippen MR) is 76.1 cm³/mol. The zero-order valence-corrected chi connectivity index (χ0v) is 10.5. The van der Waals surface area contributed by atoms with Crippen molar-refractivity contribution in [2.45, 2.75) is 0 Å². The number of pyridine rings is 1. The van der Waals surface area contributed by atoms with E-state index in [9.17, 15) is 4.39 Å². The summed E-state index contributed by atoms with van der Waals surface area (Å²) in [6.45, 7) is 0. The van der Waals surface area contributed by atoms with E-state index in [2.05, 4.69) is 10.3 Å². The molecular weight excluding hydrogens is 253 g/mol. The molecule has 20 heavy (non-hydrogen) atoms. The van der Waals surface area contributed by atoms with Gasteiger partial charge in [0.25, 0.3) is 0 Å². The zero-order chi connectivity index (χ0) is 13.9. The highest BCUT2D eigenvalue weighted by molar-refractivity contribution is 5.83. The predicted octanol–water partition coefficient (Wildman–Crippen LogP) is 3.99. The number of nitrogens with one attached hydrogen (secondary N) is 1. The lowest BCUT2D eigenvalue weighted by Gasteiger charge is -2.09. The topological polar surface area (TPSA) is 48.7 Å². The number of aromatic nitrogens is 1. The van der Waals surface area contributed by atoms with Gasteiger partial charge in [0.05, 0.1) is 16.8 Å². The van der Waals surface area contributed by atoms with Gasteiger partial charge >= 0.3 is 0 Å². The van der Waals surface area contributed by atoms with Gasteiger partial charge in [-0.1, -0.05) is 6.07 Å². The first-order valence-corrected chi connectivity index (χ1v) is 6.08. The monoisotopic (exact) mass is 263 g/mol. The van der Waals surface area contributed by atoms with Gasteiger partial charge in [0, 0.05) is 17.3 Å². The summed E-state index contributed by atoms with van der Waals surface area (Å²) in [6.07, 6.45) is 1.74. The third kappa shape index (κ3) is 2.29. The maximum Gasteiger partial charge on any atom is 0.124 e. The Hall–Kier alpha value is -2.93. The van der Waals surface area contributed by atoms with Crippen LogP contribution < -0.4 is 5.32 Å². The van der Waals surface area contributed by atoms with E-state index in [0.717, 1.165) is 16.6 Å². The Bertz CT molecular complexity index is 821. The van der Waals surface area contributed by atoms with Crippen LogP contribution in [0.3, 0.4) is 0 Å². The number of hydrogen-bond acceptors (Lipinski definition) is 3. The van der Waals surface area contributed by atoms with Gasteiger partial charge in [0.1, 0.15) is 11.9 Å². The lowest BCUT2D eigenvalue weighted by Crippen LogP contribution is -1.94. The van der Waals surface area contributed by atoms with Crippen LogP contribution in [0.1, 0.15) is 5.56 Å². The first-order valence-electron chi connectivity index (χ1n) is 6.08. The van der Waals surface area contributed by atoms with E-state index >= 15 is 0 Å². The van der Waals surface area contributed by atoms with Gasteiger partial charge < -0.3 is 5.32 Å². The maximum absolute atomic E-state index is 13.1. The number of nitriles is 1. The molecule has 4 heteroatoms. The van der Waals surface area contributed by atoms with Gasteiger partial charge in [0.15, 0.2) is 0 Å². The van der Waals surface area contributed by atoms with Crippen molar-refractivity contribution in [1.82, 2.24) is 4.98 Å². The quantitative estimate of drug-likeness (QED) is 0.760. The molecule has 0 aliphatic rings. The van der Waals surface area contributed by atoms with Crippen LogP contribution in [0, 0.1) is 17.1 Å². The molecule has 0 aliphatic heterocycles. The second kappa shape index (κ2) is 4.98. The van der Waals surface area contributed by atoms with E-state index in [1.807, 2.05) is 36.4 Å². The van der Waals surface area contributed by atoms with Gasteiger partial charge in [-0.3, -0.25) is 4.98 Å². The molecule has 0 spiro atoms. The summed E-state index contributed by atoms with van der Waals surface area (Å²) in [6, 6.07) is 15.6. The van der Waals surface area contributed by atoms with Gasteiger partial charge in [-0.05, 0) is 42.5 Å². The number of anilines is 2. The number of rotatable bonds is 2. The number of fused-ring (bicyclic) bond motifs is 1. The minimum Gasteiger partial charge on any atom is -0.354 e. The normalized spacial score (nSPS) is 10.2. The lowest BCUT2D eigenvalue weighted by molar-refractivity contribution is 0.627. The van der Waals surface area contributed by atoms with Crippen molar-refractivity contribution in [1.29, 1.82) is 5.26 Å². The highest BCUT2D eigenvalue weighted by Crippen LogP contribution is 2.24. The molecule has 3 rings (SSSR count). The Balaban J connectivity index is 1.99. The molecule has 1 aromatic heterocycles. The summed E-state index contributed by atoms with van der Waals surface area (Å²) < 4.78 is 13.1. The molecule has 3 nitrogen and oxygen atoms in total. The molecule has 1 N–H and O–H groups in total. The Labute approximate surface area is 115 Å². The highest BCUT2D eigenvalue weighted by atomic mass is 19.1. The SMILES string of the molecule is N#Cc1cc(F)ccc1Nc1ccc2ncccc2c1. The van der Waals surface area contributed by atoms with Crippen LogP contribution in [0.15, 0.2) is 54.7 Å². The molecule has 0 amide bonds. The van der Waals surface area contributed by atoms with Crippen molar-refractivity contribution >= 4 is 22.3 Å². The molecule has 0 bridgehead atoms. The number of benzene rings is 2. The average Bonchev–Trinajstić information content (AvgIpc) is 2.49. The van der Waals surface area contributed by atoms with Crippen LogP contribution in [-0.4, -0.2) is 4.98 Å². The van der Waals surface area contributed by atoms with E-state index in [4.69, 9.17) is 5.26 Å². The molecule has 0 fully saturated rings. The molecule has 96 valence electrons. The van der Waals surface area contributed by atoms with Gasteiger partial charge in [-0.2, -0.15) is 5.26 Å². The van der Waals surface area contributed by atoms with E-state index in [-0.39, 0.29) is 5.56 Å². The highest BCUT2D eigenvalue weighted by Gasteiger charge is 2.04. The smallest absolute Gasteiger partial charge is 0.124 e. The van der Waals surface area contributed by atoms with Crippen molar-refractivity contribution < 1.29 is 4.39 Å². The van der Waals surface area contributed by atoms with Crippen LogP contribution in [0.4, 0.5) is 15.8 Å². The molecule has 1 heterocycles. The van der Waals surface area contributed by atoms with Crippen LogP contribution >= 0.6 is 0 Å². The molecule has 3 aromatic rings. The van der Waals surface area contributed by atoms with Crippen LogP contribution in [0.25, 0.3) is 10.9 Å². The Morgan fingerprint density at radius 1 is 1.10 bits per heavy atom. The van der Waals surface area contributed by atoms with E-state index in [1.54, 1.807) is 12.3 Å². The molecule has 0 saturated carbocycles. The van der Waals surface area contributed by atoms with Crippen LogP contribution in [0.5, 0.6) is 0 Å². The van der Waals surface area contributed by atoms with E-state index in [1.165, 1.54) is 12.1 Å². The molecule has 0 atom stereocenters. The standard InChI is InChI=1S/C16H10FN3/c17-13-3-5-16(12(8-13)10-18)20-14-4-6-15-11(9-14)2-1-7-19-15/h1-9,20H. The second-order valence-electron chi connectivity index (χ2n) is 4.34. The molecule has 0 unspecified atom stereocenters. The first kappa shape index (κ1) is 12.1. The fourth-order valence-corrected chi connectivity index (χ4v) is 2.03. The summed E-state index contributed by atoms with van der Waals surface area (Å²) in [5.74, 6) is -0.421. The van der Waals surface area contributed by atoms with E-state index in [0.29, 0.717) is 5.69 Å². The third-order valence-electron chi connectivity index (χ3n) is 2.98. The Kier molecular flexibility index (Phi) is 3.02. The number of halogens is 1.